The number of aromatic nitrogens is 2. The molecule has 1 atom stereocenters. The highest BCUT2D eigenvalue weighted by Gasteiger charge is 2.10. The van der Waals surface area contributed by atoms with Gasteiger partial charge in [0.1, 0.15) is 17.3 Å². The van der Waals surface area contributed by atoms with Gasteiger partial charge in [-0.25, -0.2) is 4.98 Å². The molecule has 5 heteroatoms. The Morgan fingerprint density at radius 3 is 2.86 bits per heavy atom. The zero-order chi connectivity index (χ0) is 15.9. The van der Waals surface area contributed by atoms with Gasteiger partial charge in [0.05, 0.1) is 7.11 Å². The summed E-state index contributed by atoms with van der Waals surface area (Å²) in [4.78, 5) is 4.22. The molecule has 0 aliphatic carbocycles. The van der Waals surface area contributed by atoms with E-state index in [0.717, 1.165) is 43.1 Å². The van der Waals surface area contributed by atoms with E-state index >= 15 is 0 Å². The van der Waals surface area contributed by atoms with E-state index in [0.29, 0.717) is 5.75 Å². The molecule has 2 rings (SSSR count). The molecule has 0 saturated heterocycles. The van der Waals surface area contributed by atoms with Gasteiger partial charge in [0.15, 0.2) is 0 Å². The molecule has 1 heterocycles. The number of aromatic hydroxyl groups is 1. The van der Waals surface area contributed by atoms with Gasteiger partial charge in [0, 0.05) is 30.5 Å². The number of rotatable bonds is 8. The highest BCUT2D eigenvalue weighted by molar-refractivity contribution is 5.41. The fraction of sp³-hybridized carbons (Fsp3) is 0.471. The first kappa shape index (κ1) is 16.4. The van der Waals surface area contributed by atoms with Crippen LogP contribution in [0.5, 0.6) is 11.5 Å². The molecule has 0 fully saturated rings. The number of hydrogen-bond acceptors (Lipinski definition) is 4. The van der Waals surface area contributed by atoms with Crippen molar-refractivity contribution in [1.82, 2.24) is 14.9 Å². The Morgan fingerprint density at radius 1 is 1.36 bits per heavy atom. The van der Waals surface area contributed by atoms with Gasteiger partial charge in [-0.1, -0.05) is 0 Å². The first-order valence-corrected chi connectivity index (χ1v) is 7.70. The molecule has 22 heavy (non-hydrogen) atoms. The number of unbranched alkanes of at least 4 members (excludes halogenated alkanes) is 1. The monoisotopic (exact) mass is 303 g/mol. The van der Waals surface area contributed by atoms with Crippen LogP contribution in [0.2, 0.25) is 0 Å². The lowest BCUT2D eigenvalue weighted by atomic mass is 10.1. The van der Waals surface area contributed by atoms with Crippen LogP contribution in [0.1, 0.15) is 37.2 Å². The number of phenols is 1. The first-order chi connectivity index (χ1) is 10.6. The van der Waals surface area contributed by atoms with Crippen molar-refractivity contribution in [1.29, 1.82) is 0 Å². The SMILES string of the molecule is COc1ccc(O)c([C@H](C)NCCCCn2ccnc2C)c1. The summed E-state index contributed by atoms with van der Waals surface area (Å²) >= 11 is 0. The quantitative estimate of drug-likeness (QED) is 0.736. The summed E-state index contributed by atoms with van der Waals surface area (Å²) in [5.41, 5.74) is 0.866. The van der Waals surface area contributed by atoms with E-state index in [1.807, 2.05) is 25.4 Å². The summed E-state index contributed by atoms with van der Waals surface area (Å²) in [6.45, 7) is 5.97. The van der Waals surface area contributed by atoms with Crippen LogP contribution in [0, 0.1) is 6.92 Å². The largest absolute Gasteiger partial charge is 0.508 e. The Balaban J connectivity index is 1.76. The Labute approximate surface area is 132 Å². The van der Waals surface area contributed by atoms with Crippen LogP contribution in [0.25, 0.3) is 0 Å². The summed E-state index contributed by atoms with van der Waals surface area (Å²) in [5.74, 6) is 2.12. The second-order valence-corrected chi connectivity index (χ2v) is 5.48. The van der Waals surface area contributed by atoms with Crippen molar-refractivity contribution in [2.45, 2.75) is 39.3 Å². The van der Waals surface area contributed by atoms with Gasteiger partial charge in [-0.15, -0.1) is 0 Å². The lowest BCUT2D eigenvalue weighted by Crippen LogP contribution is -2.20. The normalized spacial score (nSPS) is 12.3. The number of nitrogens with one attached hydrogen (secondary N) is 1. The van der Waals surface area contributed by atoms with Gasteiger partial charge in [0.2, 0.25) is 0 Å². The lowest BCUT2D eigenvalue weighted by molar-refractivity contribution is 0.407. The smallest absolute Gasteiger partial charge is 0.120 e. The average molecular weight is 303 g/mol. The number of hydrogen-bond donors (Lipinski definition) is 2. The Bertz CT molecular complexity index is 595. The maximum absolute atomic E-state index is 9.95. The molecule has 5 nitrogen and oxygen atoms in total. The zero-order valence-corrected chi connectivity index (χ0v) is 13.5. The minimum Gasteiger partial charge on any atom is -0.508 e. The topological polar surface area (TPSA) is 59.3 Å². The number of methoxy groups -OCH3 is 1. The third kappa shape index (κ3) is 4.24. The van der Waals surface area contributed by atoms with E-state index in [2.05, 4.69) is 21.8 Å². The van der Waals surface area contributed by atoms with Gasteiger partial charge in [-0.2, -0.15) is 0 Å². The van der Waals surface area contributed by atoms with Gasteiger partial charge in [0.25, 0.3) is 0 Å². The second kappa shape index (κ2) is 7.84. The Morgan fingerprint density at radius 2 is 2.18 bits per heavy atom. The molecule has 0 spiro atoms. The van der Waals surface area contributed by atoms with Crippen LogP contribution in [0.3, 0.4) is 0 Å². The van der Waals surface area contributed by atoms with Crippen molar-refractivity contribution in [2.75, 3.05) is 13.7 Å². The average Bonchev–Trinajstić information content (AvgIpc) is 2.92. The molecule has 120 valence electrons. The number of aryl methyl sites for hydroxylation is 2. The minimum atomic E-state index is 0.0880. The van der Waals surface area contributed by atoms with E-state index < -0.39 is 0 Å². The fourth-order valence-electron chi connectivity index (χ4n) is 2.48. The molecule has 1 aromatic heterocycles. The summed E-state index contributed by atoms with van der Waals surface area (Å²) in [6.07, 6.45) is 6.02. The molecule has 0 radical (unpaired) electrons. The van der Waals surface area contributed by atoms with Crippen molar-refractivity contribution in [3.63, 3.8) is 0 Å². The summed E-state index contributed by atoms with van der Waals surface area (Å²) in [6, 6.07) is 5.40. The minimum absolute atomic E-state index is 0.0880. The van der Waals surface area contributed by atoms with Crippen LogP contribution in [-0.2, 0) is 6.54 Å². The molecule has 1 aromatic carbocycles. The molecular weight excluding hydrogens is 278 g/mol. The fourth-order valence-corrected chi connectivity index (χ4v) is 2.48. The summed E-state index contributed by atoms with van der Waals surface area (Å²) in [5, 5.41) is 13.4. The molecular formula is C17H25N3O2. The van der Waals surface area contributed by atoms with Crippen molar-refractivity contribution in [3.05, 3.63) is 42.0 Å². The molecule has 0 aliphatic rings. The van der Waals surface area contributed by atoms with Crippen LogP contribution in [0.4, 0.5) is 0 Å². The molecule has 0 bridgehead atoms. The van der Waals surface area contributed by atoms with Crippen molar-refractivity contribution in [3.8, 4) is 11.5 Å². The highest BCUT2D eigenvalue weighted by Crippen LogP contribution is 2.28. The number of imidazole rings is 1. The lowest BCUT2D eigenvalue weighted by Gasteiger charge is -2.16. The van der Waals surface area contributed by atoms with Gasteiger partial charge in [-0.05, 0) is 51.4 Å². The van der Waals surface area contributed by atoms with E-state index in [9.17, 15) is 5.11 Å². The van der Waals surface area contributed by atoms with Crippen LogP contribution in [0.15, 0.2) is 30.6 Å². The molecule has 2 aromatic rings. The number of nitrogens with zero attached hydrogens (tertiary/aromatic N) is 2. The second-order valence-electron chi connectivity index (χ2n) is 5.48. The van der Waals surface area contributed by atoms with Gasteiger partial charge in [-0.3, -0.25) is 0 Å². The number of ether oxygens (including phenoxy) is 1. The van der Waals surface area contributed by atoms with Crippen LogP contribution in [-0.4, -0.2) is 28.3 Å². The Hall–Kier alpha value is -2.01. The van der Waals surface area contributed by atoms with Crippen LogP contribution < -0.4 is 10.1 Å². The van der Waals surface area contributed by atoms with Crippen molar-refractivity contribution >= 4 is 0 Å². The first-order valence-electron chi connectivity index (χ1n) is 7.70. The molecule has 0 aliphatic heterocycles. The maximum Gasteiger partial charge on any atom is 0.120 e. The zero-order valence-electron chi connectivity index (χ0n) is 13.5. The van der Waals surface area contributed by atoms with Crippen molar-refractivity contribution < 1.29 is 9.84 Å². The van der Waals surface area contributed by atoms with E-state index in [1.165, 1.54) is 0 Å². The predicted octanol–water partition coefficient (Wildman–Crippen LogP) is 3.04. The third-order valence-electron chi connectivity index (χ3n) is 3.90. The third-order valence-corrected chi connectivity index (χ3v) is 3.90. The van der Waals surface area contributed by atoms with E-state index in [1.54, 1.807) is 19.2 Å². The predicted molar refractivity (Wildman–Crippen MR) is 87.3 cm³/mol. The highest BCUT2D eigenvalue weighted by atomic mass is 16.5. The molecule has 0 amide bonds. The van der Waals surface area contributed by atoms with Crippen LogP contribution >= 0.6 is 0 Å². The molecule has 0 saturated carbocycles. The Kier molecular flexibility index (Phi) is 5.83. The maximum atomic E-state index is 9.95. The standard InChI is InChI=1S/C17H25N3O2/c1-13(16-12-15(22-3)6-7-17(16)21)18-8-4-5-10-20-11-9-19-14(20)2/h6-7,9,11-13,18,21H,4-5,8,10H2,1-3H3/t13-/m0/s1. The van der Waals surface area contributed by atoms with Crippen molar-refractivity contribution in [2.24, 2.45) is 0 Å². The van der Waals surface area contributed by atoms with Gasteiger partial charge >= 0.3 is 0 Å². The molecule has 0 unspecified atom stereocenters. The number of benzene rings is 1. The van der Waals surface area contributed by atoms with E-state index in [4.69, 9.17) is 4.74 Å². The summed E-state index contributed by atoms with van der Waals surface area (Å²) < 4.78 is 7.37. The summed E-state index contributed by atoms with van der Waals surface area (Å²) in [7, 11) is 1.63. The number of phenolic OH excluding ortho intramolecular Hbond substituents is 1. The van der Waals surface area contributed by atoms with Gasteiger partial charge < -0.3 is 19.7 Å². The molecule has 2 N–H and O–H groups in total. The van der Waals surface area contributed by atoms with E-state index in [-0.39, 0.29) is 6.04 Å².